The second kappa shape index (κ2) is 7.13. The van der Waals surface area contributed by atoms with E-state index >= 15 is 0 Å². The van der Waals surface area contributed by atoms with Crippen LogP contribution in [0.5, 0.6) is 0 Å². The van der Waals surface area contributed by atoms with Crippen molar-refractivity contribution in [1.29, 1.82) is 0 Å². The van der Waals surface area contributed by atoms with Gasteiger partial charge in [0.05, 0.1) is 11.7 Å². The fraction of sp³-hybridized carbons (Fsp3) is 0.190. The van der Waals surface area contributed by atoms with Crippen molar-refractivity contribution in [2.75, 3.05) is 0 Å². The summed E-state index contributed by atoms with van der Waals surface area (Å²) in [6.07, 6.45) is 1.67. The molecule has 2 aromatic heterocycles. The van der Waals surface area contributed by atoms with Crippen LogP contribution in [0.1, 0.15) is 18.5 Å². The molecule has 1 N–H and O–H groups in total. The van der Waals surface area contributed by atoms with Crippen LogP contribution in [0.25, 0.3) is 21.8 Å². The summed E-state index contributed by atoms with van der Waals surface area (Å²) in [7, 11) is 1.60. The highest BCUT2D eigenvalue weighted by Crippen LogP contribution is 2.29. The molecule has 4 rings (SSSR count). The minimum atomic E-state index is -0.573. The van der Waals surface area contributed by atoms with Crippen LogP contribution in [0, 0.1) is 0 Å². The summed E-state index contributed by atoms with van der Waals surface area (Å²) >= 11 is 6.01. The molecule has 0 bridgehead atoms. The fourth-order valence-corrected chi connectivity index (χ4v) is 3.70. The molecule has 1 amide bonds. The van der Waals surface area contributed by atoms with Gasteiger partial charge in [0, 0.05) is 29.4 Å². The Morgan fingerprint density at radius 3 is 2.75 bits per heavy atom. The summed E-state index contributed by atoms with van der Waals surface area (Å²) in [5.74, 6) is -0.179. The van der Waals surface area contributed by atoms with Gasteiger partial charge in [-0.05, 0) is 30.7 Å². The minimum Gasteiger partial charge on any atom is -0.350 e. The third-order valence-electron chi connectivity index (χ3n) is 4.93. The SMILES string of the molecule is CC(C(=O)NCc1cccc(Cl)c1)n1c2ccccc2c2cnn(C)c(=O)c21. The maximum atomic E-state index is 12.9. The van der Waals surface area contributed by atoms with Crippen LogP contribution in [0.15, 0.2) is 59.5 Å². The number of hydrogen-bond acceptors (Lipinski definition) is 3. The minimum absolute atomic E-state index is 0.179. The van der Waals surface area contributed by atoms with E-state index in [1.165, 1.54) is 4.68 Å². The Morgan fingerprint density at radius 1 is 1.18 bits per heavy atom. The topological polar surface area (TPSA) is 68.9 Å². The Kier molecular flexibility index (Phi) is 4.65. The predicted molar refractivity (Wildman–Crippen MR) is 110 cm³/mol. The maximum Gasteiger partial charge on any atom is 0.291 e. The lowest BCUT2D eigenvalue weighted by atomic mass is 10.2. The monoisotopic (exact) mass is 394 g/mol. The Morgan fingerprint density at radius 2 is 1.96 bits per heavy atom. The molecule has 28 heavy (non-hydrogen) atoms. The van der Waals surface area contributed by atoms with Gasteiger partial charge < -0.3 is 9.88 Å². The van der Waals surface area contributed by atoms with Crippen LogP contribution >= 0.6 is 11.6 Å². The largest absolute Gasteiger partial charge is 0.350 e. The third kappa shape index (κ3) is 3.05. The van der Waals surface area contributed by atoms with Gasteiger partial charge in [-0.2, -0.15) is 5.10 Å². The van der Waals surface area contributed by atoms with E-state index in [1.54, 1.807) is 30.8 Å². The van der Waals surface area contributed by atoms with Crippen molar-refractivity contribution >= 4 is 39.3 Å². The first-order valence-electron chi connectivity index (χ1n) is 8.94. The van der Waals surface area contributed by atoms with Gasteiger partial charge in [-0.15, -0.1) is 0 Å². The summed E-state index contributed by atoms with van der Waals surface area (Å²) in [6, 6.07) is 14.4. The molecule has 6 nitrogen and oxygen atoms in total. The molecule has 0 saturated heterocycles. The number of aromatic nitrogens is 3. The zero-order chi connectivity index (χ0) is 19.8. The van der Waals surface area contributed by atoms with Gasteiger partial charge in [0.25, 0.3) is 5.56 Å². The van der Waals surface area contributed by atoms with Gasteiger partial charge >= 0.3 is 0 Å². The number of carbonyl (C=O) groups excluding carboxylic acids is 1. The van der Waals surface area contributed by atoms with Gasteiger partial charge in [0.15, 0.2) is 0 Å². The molecule has 7 heteroatoms. The van der Waals surface area contributed by atoms with E-state index in [-0.39, 0.29) is 11.5 Å². The summed E-state index contributed by atoms with van der Waals surface area (Å²) < 4.78 is 3.08. The number of nitrogens with one attached hydrogen (secondary N) is 1. The number of para-hydroxylation sites is 1. The van der Waals surface area contributed by atoms with Gasteiger partial charge in [-0.25, -0.2) is 4.68 Å². The molecular formula is C21H19ClN4O2. The number of benzene rings is 2. The molecular weight excluding hydrogens is 376 g/mol. The van der Waals surface area contributed by atoms with Crippen LogP contribution < -0.4 is 10.9 Å². The second-order valence-corrected chi connectivity index (χ2v) is 7.18. The standard InChI is InChI=1S/C21H19ClN4O2/c1-13(20(27)23-11-14-6-5-7-15(22)10-14)26-18-9-4-3-8-16(18)17-12-24-25(2)21(28)19(17)26/h3-10,12-13H,11H2,1-2H3,(H,23,27). The highest BCUT2D eigenvalue weighted by atomic mass is 35.5. The van der Waals surface area contributed by atoms with Crippen molar-refractivity contribution < 1.29 is 4.79 Å². The third-order valence-corrected chi connectivity index (χ3v) is 5.16. The zero-order valence-corrected chi connectivity index (χ0v) is 16.3. The number of amides is 1. The van der Waals surface area contributed by atoms with E-state index < -0.39 is 6.04 Å². The summed E-state index contributed by atoms with van der Waals surface area (Å²) in [6.45, 7) is 2.15. The van der Waals surface area contributed by atoms with Crippen LogP contribution in [-0.4, -0.2) is 20.3 Å². The van der Waals surface area contributed by atoms with Crippen LogP contribution in [0.4, 0.5) is 0 Å². The molecule has 0 fully saturated rings. The van der Waals surface area contributed by atoms with Crippen LogP contribution in [-0.2, 0) is 18.4 Å². The highest BCUT2D eigenvalue weighted by Gasteiger charge is 2.23. The quantitative estimate of drug-likeness (QED) is 0.576. The molecule has 0 saturated carbocycles. The summed E-state index contributed by atoms with van der Waals surface area (Å²) in [5.41, 5.74) is 1.98. The van der Waals surface area contributed by atoms with Crippen molar-refractivity contribution in [2.24, 2.45) is 7.05 Å². The van der Waals surface area contributed by atoms with E-state index in [0.717, 1.165) is 21.9 Å². The van der Waals surface area contributed by atoms with Gasteiger partial charge in [-0.1, -0.05) is 41.9 Å². The second-order valence-electron chi connectivity index (χ2n) is 6.75. The highest BCUT2D eigenvalue weighted by molar-refractivity contribution is 6.30. The molecule has 142 valence electrons. The number of hydrogen-bond donors (Lipinski definition) is 1. The number of nitrogens with zero attached hydrogens (tertiary/aromatic N) is 3. The summed E-state index contributed by atoms with van der Waals surface area (Å²) in [4.78, 5) is 25.7. The molecule has 0 radical (unpaired) electrons. The van der Waals surface area contributed by atoms with E-state index in [9.17, 15) is 9.59 Å². The van der Waals surface area contributed by atoms with Crippen molar-refractivity contribution in [3.63, 3.8) is 0 Å². The van der Waals surface area contributed by atoms with Crippen molar-refractivity contribution in [3.05, 3.63) is 75.7 Å². The smallest absolute Gasteiger partial charge is 0.291 e. The first-order chi connectivity index (χ1) is 13.5. The molecule has 2 heterocycles. The Balaban J connectivity index is 1.75. The Labute approximate surface area is 166 Å². The maximum absolute atomic E-state index is 12.9. The van der Waals surface area contributed by atoms with Crippen molar-refractivity contribution in [2.45, 2.75) is 19.5 Å². The van der Waals surface area contributed by atoms with Gasteiger partial charge in [0.1, 0.15) is 11.6 Å². The number of aryl methyl sites for hydroxylation is 1. The fourth-order valence-electron chi connectivity index (χ4n) is 3.49. The molecule has 0 aliphatic carbocycles. The van der Waals surface area contributed by atoms with E-state index in [0.29, 0.717) is 17.1 Å². The first kappa shape index (κ1) is 18.3. The Hall–Kier alpha value is -3.12. The van der Waals surface area contributed by atoms with Gasteiger partial charge in [-0.3, -0.25) is 9.59 Å². The molecule has 1 unspecified atom stereocenters. The van der Waals surface area contributed by atoms with E-state index in [1.807, 2.05) is 42.5 Å². The molecule has 1 atom stereocenters. The lowest BCUT2D eigenvalue weighted by Gasteiger charge is -2.16. The Bertz CT molecular complexity index is 1260. The summed E-state index contributed by atoms with van der Waals surface area (Å²) in [5, 5.41) is 9.34. The number of fused-ring (bicyclic) bond motifs is 3. The number of halogens is 1. The lowest BCUT2D eigenvalue weighted by Crippen LogP contribution is -2.32. The van der Waals surface area contributed by atoms with Crippen LogP contribution in [0.2, 0.25) is 5.02 Å². The lowest BCUT2D eigenvalue weighted by molar-refractivity contribution is -0.123. The van der Waals surface area contributed by atoms with Crippen molar-refractivity contribution in [1.82, 2.24) is 19.7 Å². The number of carbonyl (C=O) groups is 1. The van der Waals surface area contributed by atoms with Crippen LogP contribution in [0.3, 0.4) is 0 Å². The molecule has 0 aliphatic heterocycles. The first-order valence-corrected chi connectivity index (χ1v) is 9.32. The average Bonchev–Trinajstić information content (AvgIpc) is 3.03. The predicted octanol–water partition coefficient (Wildman–Crippen LogP) is 3.42. The van der Waals surface area contributed by atoms with E-state index in [2.05, 4.69) is 10.4 Å². The normalized spacial score (nSPS) is 12.4. The van der Waals surface area contributed by atoms with E-state index in [4.69, 9.17) is 11.6 Å². The van der Waals surface area contributed by atoms with Gasteiger partial charge in [0.2, 0.25) is 5.91 Å². The number of rotatable bonds is 4. The zero-order valence-electron chi connectivity index (χ0n) is 15.5. The average molecular weight is 395 g/mol. The molecule has 2 aromatic carbocycles. The molecule has 0 spiro atoms. The molecule has 0 aliphatic rings. The molecule has 4 aromatic rings. The van der Waals surface area contributed by atoms with Crippen molar-refractivity contribution in [3.8, 4) is 0 Å².